The maximum atomic E-state index is 10.8. The van der Waals surface area contributed by atoms with Crippen molar-refractivity contribution in [1.29, 1.82) is 0 Å². The molecule has 0 N–H and O–H groups in total. The number of non-ortho nitro benzene ring substituents is 1. The Hall–Kier alpha value is -2.44. The van der Waals surface area contributed by atoms with Gasteiger partial charge in [0, 0.05) is 17.7 Å². The molecule has 0 saturated carbocycles. The molecular formula is C14H7Cl2N3O3. The van der Waals surface area contributed by atoms with Crippen molar-refractivity contribution in [1.82, 2.24) is 10.1 Å². The molecule has 1 heterocycles. The van der Waals surface area contributed by atoms with E-state index >= 15 is 0 Å². The lowest BCUT2D eigenvalue weighted by atomic mass is 10.2. The molecule has 0 atom stereocenters. The quantitative estimate of drug-likeness (QED) is 0.515. The van der Waals surface area contributed by atoms with Gasteiger partial charge in [-0.25, -0.2) is 0 Å². The van der Waals surface area contributed by atoms with Crippen molar-refractivity contribution in [2.75, 3.05) is 0 Å². The molecule has 3 rings (SSSR count). The fraction of sp³-hybridized carbons (Fsp3) is 0. The van der Waals surface area contributed by atoms with Crippen LogP contribution in [0.1, 0.15) is 0 Å². The zero-order chi connectivity index (χ0) is 15.7. The summed E-state index contributed by atoms with van der Waals surface area (Å²) in [5.41, 5.74) is 0.777. The fourth-order valence-electron chi connectivity index (χ4n) is 1.88. The standard InChI is InChI=1S/C14H7Cl2N3O3/c15-11-4-2-1-3-9(11)13-17-14(22-18-13)10-7-8(19(20)21)5-6-12(10)16/h1-7H. The third-order valence-corrected chi connectivity index (χ3v) is 3.59. The lowest BCUT2D eigenvalue weighted by Crippen LogP contribution is -1.89. The Kier molecular flexibility index (Phi) is 3.79. The van der Waals surface area contributed by atoms with E-state index in [9.17, 15) is 10.1 Å². The van der Waals surface area contributed by atoms with E-state index in [2.05, 4.69) is 10.1 Å². The number of rotatable bonds is 3. The maximum Gasteiger partial charge on any atom is 0.270 e. The number of nitrogens with zero attached hydrogens (tertiary/aromatic N) is 3. The molecule has 8 heteroatoms. The Labute approximate surface area is 134 Å². The Balaban J connectivity index is 2.06. The summed E-state index contributed by atoms with van der Waals surface area (Å²) in [5, 5.41) is 15.4. The number of nitro benzene ring substituents is 1. The van der Waals surface area contributed by atoms with Crippen LogP contribution in [-0.4, -0.2) is 15.1 Å². The first-order chi connectivity index (χ1) is 10.6. The van der Waals surface area contributed by atoms with Gasteiger partial charge in [0.05, 0.1) is 20.5 Å². The van der Waals surface area contributed by atoms with E-state index in [1.807, 2.05) is 0 Å². The number of benzene rings is 2. The molecule has 0 aliphatic heterocycles. The second kappa shape index (κ2) is 5.75. The molecule has 110 valence electrons. The van der Waals surface area contributed by atoms with Crippen LogP contribution in [0, 0.1) is 10.1 Å². The van der Waals surface area contributed by atoms with Gasteiger partial charge in [0.2, 0.25) is 5.82 Å². The summed E-state index contributed by atoms with van der Waals surface area (Å²) in [6.45, 7) is 0. The zero-order valence-corrected chi connectivity index (χ0v) is 12.4. The Bertz CT molecular complexity index is 864. The molecule has 2 aromatic carbocycles. The topological polar surface area (TPSA) is 82.1 Å². The van der Waals surface area contributed by atoms with Gasteiger partial charge in [-0.1, -0.05) is 40.5 Å². The molecule has 0 bridgehead atoms. The van der Waals surface area contributed by atoms with Gasteiger partial charge >= 0.3 is 0 Å². The first-order valence-electron chi connectivity index (χ1n) is 6.09. The van der Waals surface area contributed by atoms with Gasteiger partial charge in [0.15, 0.2) is 0 Å². The summed E-state index contributed by atoms with van der Waals surface area (Å²) in [4.78, 5) is 14.5. The average molecular weight is 336 g/mol. The number of aromatic nitrogens is 2. The van der Waals surface area contributed by atoms with Crippen LogP contribution >= 0.6 is 23.2 Å². The molecular weight excluding hydrogens is 329 g/mol. The van der Waals surface area contributed by atoms with E-state index in [1.54, 1.807) is 24.3 Å². The Morgan fingerprint density at radius 1 is 1.05 bits per heavy atom. The number of halogens is 2. The largest absolute Gasteiger partial charge is 0.334 e. The smallest absolute Gasteiger partial charge is 0.270 e. The molecule has 22 heavy (non-hydrogen) atoms. The number of hydrogen-bond donors (Lipinski definition) is 0. The lowest BCUT2D eigenvalue weighted by Gasteiger charge is -1.98. The van der Waals surface area contributed by atoms with Gasteiger partial charge in [0.1, 0.15) is 0 Å². The third kappa shape index (κ3) is 2.66. The van der Waals surface area contributed by atoms with Crippen LogP contribution in [0.3, 0.4) is 0 Å². The summed E-state index contributed by atoms with van der Waals surface area (Å²) in [6, 6.07) is 11.0. The highest BCUT2D eigenvalue weighted by molar-refractivity contribution is 6.33. The van der Waals surface area contributed by atoms with Crippen molar-refractivity contribution in [3.8, 4) is 22.8 Å². The summed E-state index contributed by atoms with van der Waals surface area (Å²) >= 11 is 12.1. The van der Waals surface area contributed by atoms with E-state index in [0.29, 0.717) is 16.1 Å². The van der Waals surface area contributed by atoms with Crippen LogP contribution in [0.4, 0.5) is 5.69 Å². The van der Waals surface area contributed by atoms with E-state index in [4.69, 9.17) is 27.7 Å². The van der Waals surface area contributed by atoms with Crippen LogP contribution in [0.25, 0.3) is 22.8 Å². The lowest BCUT2D eigenvalue weighted by molar-refractivity contribution is -0.384. The van der Waals surface area contributed by atoms with Crippen molar-refractivity contribution < 1.29 is 9.45 Å². The first kappa shape index (κ1) is 14.5. The zero-order valence-electron chi connectivity index (χ0n) is 10.9. The molecule has 0 unspecified atom stereocenters. The highest BCUT2D eigenvalue weighted by Gasteiger charge is 2.18. The van der Waals surface area contributed by atoms with Crippen LogP contribution < -0.4 is 0 Å². The highest BCUT2D eigenvalue weighted by atomic mass is 35.5. The Morgan fingerprint density at radius 2 is 1.77 bits per heavy atom. The molecule has 6 nitrogen and oxygen atoms in total. The van der Waals surface area contributed by atoms with E-state index in [-0.39, 0.29) is 22.4 Å². The molecule has 3 aromatic rings. The van der Waals surface area contributed by atoms with Gasteiger partial charge in [-0.05, 0) is 18.2 Å². The molecule has 0 amide bonds. The van der Waals surface area contributed by atoms with Crippen LogP contribution in [0.15, 0.2) is 47.0 Å². The number of hydrogen-bond acceptors (Lipinski definition) is 5. The molecule has 0 spiro atoms. The van der Waals surface area contributed by atoms with Crippen molar-refractivity contribution >= 4 is 28.9 Å². The normalized spacial score (nSPS) is 10.6. The second-order valence-electron chi connectivity index (χ2n) is 4.32. The minimum Gasteiger partial charge on any atom is -0.334 e. The van der Waals surface area contributed by atoms with Gasteiger partial charge in [-0.15, -0.1) is 0 Å². The van der Waals surface area contributed by atoms with Crippen LogP contribution in [0.5, 0.6) is 0 Å². The summed E-state index contributed by atoms with van der Waals surface area (Å²) in [7, 11) is 0. The van der Waals surface area contributed by atoms with E-state index in [0.717, 1.165) is 0 Å². The Morgan fingerprint density at radius 3 is 2.50 bits per heavy atom. The van der Waals surface area contributed by atoms with Crippen molar-refractivity contribution in [3.05, 3.63) is 62.6 Å². The minimum atomic E-state index is -0.523. The predicted octanol–water partition coefficient (Wildman–Crippen LogP) is 4.62. The molecule has 0 aliphatic rings. The summed E-state index contributed by atoms with van der Waals surface area (Å²) in [5.74, 6) is 0.367. The fourth-order valence-corrected chi connectivity index (χ4v) is 2.29. The third-order valence-electron chi connectivity index (χ3n) is 2.93. The van der Waals surface area contributed by atoms with E-state index in [1.165, 1.54) is 18.2 Å². The van der Waals surface area contributed by atoms with Gasteiger partial charge in [0.25, 0.3) is 11.6 Å². The van der Waals surface area contributed by atoms with Gasteiger partial charge in [-0.2, -0.15) is 4.98 Å². The van der Waals surface area contributed by atoms with E-state index < -0.39 is 4.92 Å². The monoisotopic (exact) mass is 335 g/mol. The van der Waals surface area contributed by atoms with Crippen LogP contribution in [-0.2, 0) is 0 Å². The first-order valence-corrected chi connectivity index (χ1v) is 6.85. The maximum absolute atomic E-state index is 10.8. The van der Waals surface area contributed by atoms with Crippen molar-refractivity contribution in [2.24, 2.45) is 0 Å². The predicted molar refractivity (Wildman–Crippen MR) is 81.8 cm³/mol. The van der Waals surface area contributed by atoms with Crippen LogP contribution in [0.2, 0.25) is 10.0 Å². The number of nitro groups is 1. The summed E-state index contributed by atoms with van der Waals surface area (Å²) in [6.07, 6.45) is 0. The summed E-state index contributed by atoms with van der Waals surface area (Å²) < 4.78 is 5.15. The SMILES string of the molecule is O=[N+]([O-])c1ccc(Cl)c(-c2nc(-c3ccccc3Cl)no2)c1. The minimum absolute atomic E-state index is 0.0867. The van der Waals surface area contributed by atoms with Gasteiger partial charge < -0.3 is 4.52 Å². The molecule has 0 aliphatic carbocycles. The second-order valence-corrected chi connectivity index (χ2v) is 5.14. The average Bonchev–Trinajstić information content (AvgIpc) is 2.97. The molecule has 0 saturated heterocycles. The van der Waals surface area contributed by atoms with Crippen molar-refractivity contribution in [3.63, 3.8) is 0 Å². The van der Waals surface area contributed by atoms with Gasteiger partial charge in [-0.3, -0.25) is 10.1 Å². The highest BCUT2D eigenvalue weighted by Crippen LogP contribution is 2.32. The molecule has 0 fully saturated rings. The van der Waals surface area contributed by atoms with Crippen molar-refractivity contribution in [2.45, 2.75) is 0 Å². The molecule has 0 radical (unpaired) electrons. The molecule has 1 aromatic heterocycles.